The number of nitrogens with two attached hydrogens (primary N) is 2. The molecule has 1 aromatic rings. The zero-order chi connectivity index (χ0) is 13.5. The predicted molar refractivity (Wildman–Crippen MR) is 76.0 cm³/mol. The van der Waals surface area contributed by atoms with Gasteiger partial charge in [0, 0.05) is 18.3 Å². The van der Waals surface area contributed by atoms with Crippen LogP contribution in [-0.4, -0.2) is 18.5 Å². The number of benzene rings is 1. The molecule has 100 valence electrons. The molecule has 1 unspecified atom stereocenters. The van der Waals surface area contributed by atoms with E-state index in [1.165, 1.54) is 0 Å². The summed E-state index contributed by atoms with van der Waals surface area (Å²) in [5.41, 5.74) is 12.0. The van der Waals surface area contributed by atoms with Gasteiger partial charge in [0.15, 0.2) is 0 Å². The van der Waals surface area contributed by atoms with Gasteiger partial charge < -0.3 is 16.8 Å². The molecule has 18 heavy (non-hydrogen) atoms. The van der Waals surface area contributed by atoms with Crippen molar-refractivity contribution >= 4 is 23.2 Å². The molecule has 1 atom stereocenters. The van der Waals surface area contributed by atoms with Crippen molar-refractivity contribution in [2.24, 2.45) is 11.5 Å². The topological polar surface area (TPSA) is 81.1 Å². The van der Waals surface area contributed by atoms with Gasteiger partial charge in [-0.15, -0.1) is 0 Å². The van der Waals surface area contributed by atoms with E-state index in [-0.39, 0.29) is 6.04 Å². The fraction of sp³-hybridized carbons (Fsp3) is 0.462. The largest absolute Gasteiger partial charge is 0.380 e. The van der Waals surface area contributed by atoms with Crippen molar-refractivity contribution in [1.82, 2.24) is 0 Å². The van der Waals surface area contributed by atoms with E-state index in [1.54, 1.807) is 18.2 Å². The molecule has 1 rings (SSSR count). The minimum Gasteiger partial charge on any atom is -0.380 e. The number of unbranched alkanes of at least 4 members (excludes halogenated alkanes) is 1. The summed E-state index contributed by atoms with van der Waals surface area (Å²) in [5.74, 6) is -0.533. The van der Waals surface area contributed by atoms with Crippen molar-refractivity contribution in [2.45, 2.75) is 32.2 Å². The Morgan fingerprint density at radius 2 is 2.22 bits per heavy atom. The number of halogens is 1. The van der Waals surface area contributed by atoms with Crippen LogP contribution in [0.1, 0.15) is 36.5 Å². The summed E-state index contributed by atoms with van der Waals surface area (Å²) >= 11 is 5.98. The molecule has 0 saturated heterocycles. The lowest BCUT2D eigenvalue weighted by atomic mass is 10.1. The standard InChI is InChI=1S/C13H20ClN3O/c1-2-3-5-9(8-15)17-11-7-4-6-10(14)12(11)13(16)18/h4,6-7,9,17H,2-3,5,8,15H2,1H3,(H2,16,18). The molecule has 0 aliphatic heterocycles. The van der Waals surface area contributed by atoms with Gasteiger partial charge >= 0.3 is 0 Å². The van der Waals surface area contributed by atoms with E-state index in [2.05, 4.69) is 12.2 Å². The minimum absolute atomic E-state index is 0.126. The Balaban J connectivity index is 2.88. The third-order valence-electron chi connectivity index (χ3n) is 2.81. The van der Waals surface area contributed by atoms with Crippen molar-refractivity contribution in [3.63, 3.8) is 0 Å². The molecule has 0 fully saturated rings. The maximum Gasteiger partial charge on any atom is 0.252 e. The predicted octanol–water partition coefficient (Wildman–Crippen LogP) is 2.37. The van der Waals surface area contributed by atoms with Crippen LogP contribution in [0.15, 0.2) is 18.2 Å². The van der Waals surface area contributed by atoms with Crippen molar-refractivity contribution in [3.8, 4) is 0 Å². The highest BCUT2D eigenvalue weighted by atomic mass is 35.5. The number of rotatable bonds is 7. The molecule has 0 aliphatic rings. The molecule has 4 nitrogen and oxygen atoms in total. The highest BCUT2D eigenvalue weighted by Crippen LogP contribution is 2.24. The van der Waals surface area contributed by atoms with E-state index >= 15 is 0 Å². The second-order valence-electron chi connectivity index (χ2n) is 4.25. The molecule has 0 spiro atoms. The fourth-order valence-electron chi connectivity index (χ4n) is 1.81. The minimum atomic E-state index is -0.533. The van der Waals surface area contributed by atoms with Crippen LogP contribution < -0.4 is 16.8 Å². The molecule has 1 amide bonds. The van der Waals surface area contributed by atoms with Gasteiger partial charge in [-0.3, -0.25) is 4.79 Å². The highest BCUT2D eigenvalue weighted by molar-refractivity contribution is 6.34. The second-order valence-corrected chi connectivity index (χ2v) is 4.65. The molecular formula is C13H20ClN3O. The first-order chi connectivity index (χ1) is 8.60. The average molecular weight is 270 g/mol. The van der Waals surface area contributed by atoms with E-state index in [1.807, 2.05) is 0 Å². The first-order valence-electron chi connectivity index (χ1n) is 6.15. The molecule has 5 heteroatoms. The van der Waals surface area contributed by atoms with E-state index in [4.69, 9.17) is 23.1 Å². The number of carbonyl (C=O) groups is 1. The molecule has 0 aromatic heterocycles. The molecule has 0 aliphatic carbocycles. The first-order valence-corrected chi connectivity index (χ1v) is 6.52. The van der Waals surface area contributed by atoms with Crippen molar-refractivity contribution in [2.75, 3.05) is 11.9 Å². The van der Waals surface area contributed by atoms with Crippen molar-refractivity contribution in [3.05, 3.63) is 28.8 Å². The van der Waals surface area contributed by atoms with E-state index < -0.39 is 5.91 Å². The van der Waals surface area contributed by atoms with Crippen LogP contribution in [0.3, 0.4) is 0 Å². The number of carbonyl (C=O) groups excluding carboxylic acids is 1. The zero-order valence-corrected chi connectivity index (χ0v) is 11.3. The summed E-state index contributed by atoms with van der Waals surface area (Å²) in [6.07, 6.45) is 3.15. The van der Waals surface area contributed by atoms with Gasteiger partial charge in [0.25, 0.3) is 5.91 Å². The third kappa shape index (κ3) is 3.89. The third-order valence-corrected chi connectivity index (χ3v) is 3.13. The molecule has 1 aromatic carbocycles. The average Bonchev–Trinajstić information content (AvgIpc) is 2.33. The number of nitrogens with one attached hydrogen (secondary N) is 1. The summed E-state index contributed by atoms with van der Waals surface area (Å²) in [4.78, 5) is 11.4. The first kappa shape index (κ1) is 14.8. The van der Waals surface area contributed by atoms with Crippen LogP contribution in [0.4, 0.5) is 5.69 Å². The van der Waals surface area contributed by atoms with Gasteiger partial charge in [0.2, 0.25) is 0 Å². The van der Waals surface area contributed by atoms with Crippen LogP contribution in [0, 0.1) is 0 Å². The van der Waals surface area contributed by atoms with Gasteiger partial charge in [0.05, 0.1) is 10.6 Å². The van der Waals surface area contributed by atoms with E-state index in [0.717, 1.165) is 19.3 Å². The lowest BCUT2D eigenvalue weighted by Gasteiger charge is -2.19. The number of hydrogen-bond donors (Lipinski definition) is 3. The maximum atomic E-state index is 11.4. The van der Waals surface area contributed by atoms with Crippen molar-refractivity contribution in [1.29, 1.82) is 0 Å². The van der Waals surface area contributed by atoms with E-state index in [9.17, 15) is 4.79 Å². The SMILES string of the molecule is CCCCC(CN)Nc1cccc(Cl)c1C(N)=O. The van der Waals surface area contributed by atoms with Crippen LogP contribution in [0.2, 0.25) is 5.02 Å². The lowest BCUT2D eigenvalue weighted by molar-refractivity contribution is 0.100. The van der Waals surface area contributed by atoms with Gasteiger partial charge in [-0.25, -0.2) is 0 Å². The Hall–Kier alpha value is -1.26. The van der Waals surface area contributed by atoms with Gasteiger partial charge in [0.1, 0.15) is 0 Å². The van der Waals surface area contributed by atoms with Crippen LogP contribution >= 0.6 is 11.6 Å². The maximum absolute atomic E-state index is 11.4. The lowest BCUT2D eigenvalue weighted by Crippen LogP contribution is -2.30. The summed E-state index contributed by atoms with van der Waals surface area (Å²) in [6, 6.07) is 5.35. The normalized spacial score (nSPS) is 12.2. The number of amides is 1. The Morgan fingerprint density at radius 3 is 2.78 bits per heavy atom. The van der Waals surface area contributed by atoms with Gasteiger partial charge in [-0.05, 0) is 18.6 Å². The van der Waals surface area contributed by atoms with Crippen molar-refractivity contribution < 1.29 is 4.79 Å². The molecule has 0 heterocycles. The van der Waals surface area contributed by atoms with Gasteiger partial charge in [-0.1, -0.05) is 37.4 Å². The summed E-state index contributed by atoms with van der Waals surface area (Å²) in [6.45, 7) is 2.63. The zero-order valence-electron chi connectivity index (χ0n) is 10.6. The van der Waals surface area contributed by atoms with Crippen LogP contribution in [0.5, 0.6) is 0 Å². The molecule has 5 N–H and O–H groups in total. The van der Waals surface area contributed by atoms with Crippen LogP contribution in [-0.2, 0) is 0 Å². The summed E-state index contributed by atoms with van der Waals surface area (Å²) < 4.78 is 0. The molecular weight excluding hydrogens is 250 g/mol. The monoisotopic (exact) mass is 269 g/mol. The Kier molecular flexibility index (Phi) is 5.95. The number of hydrogen-bond acceptors (Lipinski definition) is 3. The second kappa shape index (κ2) is 7.24. The fourth-order valence-corrected chi connectivity index (χ4v) is 2.08. The number of anilines is 1. The molecule has 0 bridgehead atoms. The summed E-state index contributed by atoms with van der Waals surface area (Å²) in [7, 11) is 0. The Labute approximate surface area is 113 Å². The van der Waals surface area contributed by atoms with E-state index in [0.29, 0.717) is 22.8 Å². The van der Waals surface area contributed by atoms with Gasteiger partial charge in [-0.2, -0.15) is 0 Å². The Bertz CT molecular complexity index is 409. The van der Waals surface area contributed by atoms with Crippen LogP contribution in [0.25, 0.3) is 0 Å². The number of primary amides is 1. The molecule has 0 radical (unpaired) electrons. The Morgan fingerprint density at radius 1 is 1.50 bits per heavy atom. The highest BCUT2D eigenvalue weighted by Gasteiger charge is 2.15. The smallest absolute Gasteiger partial charge is 0.252 e. The summed E-state index contributed by atoms with van der Waals surface area (Å²) in [5, 5.41) is 3.60. The quantitative estimate of drug-likeness (QED) is 0.711. The molecule has 0 saturated carbocycles.